The maximum atomic E-state index is 13.2. The molecular weight excluding hydrogens is 462 g/mol. The van der Waals surface area contributed by atoms with Gasteiger partial charge in [-0.05, 0) is 45.1 Å². The number of methoxy groups -OCH3 is 1. The van der Waals surface area contributed by atoms with Gasteiger partial charge in [0.05, 0.1) is 25.8 Å². The molecule has 0 fully saturated rings. The molecule has 6 nitrogen and oxygen atoms in total. The maximum Gasteiger partial charge on any atom is 0.191 e. The lowest BCUT2D eigenvalue weighted by Gasteiger charge is -2.23. The van der Waals surface area contributed by atoms with Crippen LogP contribution in [0.15, 0.2) is 29.3 Å². The Balaban J connectivity index is 0.00000676. The van der Waals surface area contributed by atoms with Crippen LogP contribution >= 0.6 is 24.0 Å². The Morgan fingerprint density at radius 1 is 1.15 bits per heavy atom. The normalized spacial score (nSPS) is 12.6. The minimum Gasteiger partial charge on any atom is -0.382 e. The van der Waals surface area contributed by atoms with Gasteiger partial charge in [-0.3, -0.25) is 4.99 Å². The molecule has 0 radical (unpaired) electrons. The molecule has 0 bridgehead atoms. The summed E-state index contributed by atoms with van der Waals surface area (Å²) in [7, 11) is 5.67. The molecule has 0 saturated carbocycles. The highest BCUT2D eigenvalue weighted by molar-refractivity contribution is 14.0. The van der Waals surface area contributed by atoms with E-state index in [9.17, 15) is 4.39 Å². The number of nitrogens with one attached hydrogen (secondary N) is 2. The van der Waals surface area contributed by atoms with E-state index in [4.69, 9.17) is 9.47 Å². The van der Waals surface area contributed by atoms with Crippen LogP contribution in [0.2, 0.25) is 0 Å². The Kier molecular flexibility index (Phi) is 15.5. The van der Waals surface area contributed by atoms with Crippen molar-refractivity contribution < 1.29 is 13.9 Å². The van der Waals surface area contributed by atoms with Gasteiger partial charge in [0.1, 0.15) is 5.82 Å². The van der Waals surface area contributed by atoms with E-state index in [1.54, 1.807) is 7.11 Å². The third kappa shape index (κ3) is 11.5. The van der Waals surface area contributed by atoms with Crippen LogP contribution in [0, 0.1) is 5.82 Å². The van der Waals surface area contributed by atoms with E-state index >= 15 is 0 Å². The first-order valence-corrected chi connectivity index (χ1v) is 9.09. The van der Waals surface area contributed by atoms with E-state index in [-0.39, 0.29) is 35.8 Å². The standard InChI is InChI=1S/C19H33FN4O2.HI/c1-5-21-19(22-11-6-12-26-14-13-25-4)23-15-18(24(2)3)16-7-9-17(20)10-8-16;/h7-10,18H,5-6,11-15H2,1-4H3,(H2,21,22,23);1H. The molecule has 27 heavy (non-hydrogen) atoms. The SMILES string of the molecule is CCNC(=NCC(c1ccc(F)cc1)N(C)C)NCCCOCCOC.I. The van der Waals surface area contributed by atoms with Crippen LogP contribution in [0.1, 0.15) is 24.9 Å². The number of rotatable bonds is 12. The van der Waals surface area contributed by atoms with Crippen molar-refractivity contribution in [1.82, 2.24) is 15.5 Å². The van der Waals surface area contributed by atoms with Crippen molar-refractivity contribution in [3.63, 3.8) is 0 Å². The lowest BCUT2D eigenvalue weighted by atomic mass is 10.1. The summed E-state index contributed by atoms with van der Waals surface area (Å²) in [5, 5.41) is 6.56. The van der Waals surface area contributed by atoms with Crippen molar-refractivity contribution in [3.8, 4) is 0 Å². The first kappa shape index (κ1) is 26.0. The average molecular weight is 496 g/mol. The fourth-order valence-electron chi connectivity index (χ4n) is 2.40. The molecule has 0 aliphatic rings. The lowest BCUT2D eigenvalue weighted by Crippen LogP contribution is -2.38. The topological polar surface area (TPSA) is 58.1 Å². The lowest BCUT2D eigenvalue weighted by molar-refractivity contribution is 0.0698. The molecule has 0 aliphatic carbocycles. The maximum absolute atomic E-state index is 13.2. The quantitative estimate of drug-likeness (QED) is 0.202. The molecule has 1 unspecified atom stereocenters. The van der Waals surface area contributed by atoms with Gasteiger partial charge in [-0.15, -0.1) is 24.0 Å². The second-order valence-corrected chi connectivity index (χ2v) is 6.14. The van der Waals surface area contributed by atoms with E-state index in [0.717, 1.165) is 31.0 Å². The number of halogens is 2. The van der Waals surface area contributed by atoms with Gasteiger partial charge in [0.25, 0.3) is 0 Å². The third-order valence-electron chi connectivity index (χ3n) is 3.83. The third-order valence-corrected chi connectivity index (χ3v) is 3.83. The summed E-state index contributed by atoms with van der Waals surface area (Å²) in [6.45, 7) is 6.11. The van der Waals surface area contributed by atoms with Gasteiger partial charge in [0.15, 0.2) is 5.96 Å². The molecule has 0 saturated heterocycles. The minimum absolute atomic E-state index is 0. The minimum atomic E-state index is -0.225. The van der Waals surface area contributed by atoms with E-state index in [1.165, 1.54) is 12.1 Å². The largest absolute Gasteiger partial charge is 0.382 e. The van der Waals surface area contributed by atoms with Gasteiger partial charge in [-0.2, -0.15) is 0 Å². The van der Waals surface area contributed by atoms with Gasteiger partial charge in [0, 0.05) is 26.8 Å². The Hall–Kier alpha value is -0.970. The predicted octanol–water partition coefficient (Wildman–Crippen LogP) is 2.65. The fourth-order valence-corrected chi connectivity index (χ4v) is 2.40. The summed E-state index contributed by atoms with van der Waals surface area (Å²) in [5.41, 5.74) is 1.04. The smallest absolute Gasteiger partial charge is 0.191 e. The molecule has 1 rings (SSSR count). The molecule has 1 atom stereocenters. The molecule has 2 N–H and O–H groups in total. The summed E-state index contributed by atoms with van der Waals surface area (Å²) in [4.78, 5) is 6.77. The summed E-state index contributed by atoms with van der Waals surface area (Å²) in [5.74, 6) is 0.552. The van der Waals surface area contributed by atoms with Gasteiger partial charge in [0.2, 0.25) is 0 Å². The number of benzene rings is 1. The number of nitrogens with zero attached hydrogens (tertiary/aromatic N) is 2. The van der Waals surface area contributed by atoms with Crippen LogP contribution in [0.4, 0.5) is 4.39 Å². The first-order valence-electron chi connectivity index (χ1n) is 9.09. The van der Waals surface area contributed by atoms with Gasteiger partial charge in [-0.25, -0.2) is 4.39 Å². The number of guanidine groups is 1. The van der Waals surface area contributed by atoms with Crippen molar-refractivity contribution in [2.24, 2.45) is 4.99 Å². The van der Waals surface area contributed by atoms with Crippen LogP contribution in [-0.2, 0) is 9.47 Å². The number of ether oxygens (including phenoxy) is 2. The number of aliphatic imine (C=N–C) groups is 1. The molecule has 1 aromatic carbocycles. The highest BCUT2D eigenvalue weighted by atomic mass is 127. The van der Waals surface area contributed by atoms with Crippen molar-refractivity contribution in [1.29, 1.82) is 0 Å². The van der Waals surface area contributed by atoms with Crippen LogP contribution in [0.25, 0.3) is 0 Å². The van der Waals surface area contributed by atoms with Crippen LogP contribution in [0.5, 0.6) is 0 Å². The molecular formula is C19H34FIN4O2. The van der Waals surface area contributed by atoms with Gasteiger partial charge < -0.3 is 25.0 Å². The summed E-state index contributed by atoms with van der Waals surface area (Å²) < 4.78 is 23.5. The highest BCUT2D eigenvalue weighted by Crippen LogP contribution is 2.18. The molecule has 0 aliphatic heterocycles. The molecule has 8 heteroatoms. The zero-order valence-electron chi connectivity index (χ0n) is 16.8. The molecule has 0 amide bonds. The zero-order chi connectivity index (χ0) is 19.2. The Morgan fingerprint density at radius 2 is 1.85 bits per heavy atom. The van der Waals surface area contributed by atoms with E-state index in [1.807, 2.05) is 33.2 Å². The highest BCUT2D eigenvalue weighted by Gasteiger charge is 2.14. The van der Waals surface area contributed by atoms with Crippen molar-refractivity contribution in [3.05, 3.63) is 35.6 Å². The second-order valence-electron chi connectivity index (χ2n) is 6.14. The summed E-state index contributed by atoms with van der Waals surface area (Å²) in [6.07, 6.45) is 0.892. The zero-order valence-corrected chi connectivity index (χ0v) is 19.2. The van der Waals surface area contributed by atoms with Crippen LogP contribution in [0.3, 0.4) is 0 Å². The van der Waals surface area contributed by atoms with E-state index in [2.05, 4.69) is 20.5 Å². The molecule has 0 spiro atoms. The summed E-state index contributed by atoms with van der Waals surface area (Å²) in [6, 6.07) is 6.69. The van der Waals surface area contributed by atoms with Gasteiger partial charge >= 0.3 is 0 Å². The molecule has 0 heterocycles. The average Bonchev–Trinajstić information content (AvgIpc) is 2.62. The summed E-state index contributed by atoms with van der Waals surface area (Å²) >= 11 is 0. The Labute approximate surface area is 179 Å². The number of hydrogen-bond acceptors (Lipinski definition) is 4. The van der Waals surface area contributed by atoms with E-state index < -0.39 is 0 Å². The fraction of sp³-hybridized carbons (Fsp3) is 0.632. The van der Waals surface area contributed by atoms with E-state index in [0.29, 0.717) is 26.4 Å². The molecule has 1 aromatic rings. The van der Waals surface area contributed by atoms with Crippen LogP contribution in [-0.4, -0.2) is 71.5 Å². The molecule has 156 valence electrons. The second kappa shape index (κ2) is 16.0. The molecule has 0 aromatic heterocycles. The monoisotopic (exact) mass is 496 g/mol. The Bertz CT molecular complexity index is 515. The van der Waals surface area contributed by atoms with Crippen molar-refractivity contribution in [2.45, 2.75) is 19.4 Å². The van der Waals surface area contributed by atoms with Gasteiger partial charge in [-0.1, -0.05) is 12.1 Å². The first-order chi connectivity index (χ1) is 12.6. The van der Waals surface area contributed by atoms with Crippen molar-refractivity contribution >= 4 is 29.9 Å². The Morgan fingerprint density at radius 3 is 2.44 bits per heavy atom. The van der Waals surface area contributed by atoms with Crippen LogP contribution < -0.4 is 10.6 Å². The van der Waals surface area contributed by atoms with Crippen molar-refractivity contribution in [2.75, 3.05) is 60.7 Å². The predicted molar refractivity (Wildman–Crippen MR) is 120 cm³/mol. The number of likely N-dealkylation sites (N-methyl/N-ethyl adjacent to an activating group) is 1. The number of hydrogen-bond donors (Lipinski definition) is 2.